The summed E-state index contributed by atoms with van der Waals surface area (Å²) in [5, 5.41) is 12.6. The molecule has 18 heavy (non-hydrogen) atoms. The number of benzene rings is 1. The van der Waals surface area contributed by atoms with Crippen molar-refractivity contribution in [1.29, 1.82) is 0 Å². The number of carbonyl (C=O) groups excluding carboxylic acids is 1. The highest BCUT2D eigenvalue weighted by Gasteiger charge is 2.29. The molecule has 0 unspecified atom stereocenters. The summed E-state index contributed by atoms with van der Waals surface area (Å²) >= 11 is 1.57. The zero-order valence-electron chi connectivity index (χ0n) is 10.6. The lowest BCUT2D eigenvalue weighted by molar-refractivity contribution is 0.0934. The highest BCUT2D eigenvalue weighted by Crippen LogP contribution is 2.33. The van der Waals surface area contributed by atoms with Crippen molar-refractivity contribution in [3.8, 4) is 0 Å². The van der Waals surface area contributed by atoms with Crippen LogP contribution in [0.2, 0.25) is 0 Å². The first-order chi connectivity index (χ1) is 8.72. The topological polar surface area (TPSA) is 49.3 Å². The minimum Gasteiger partial charge on any atom is -0.393 e. The van der Waals surface area contributed by atoms with Gasteiger partial charge < -0.3 is 10.4 Å². The summed E-state index contributed by atoms with van der Waals surface area (Å²) in [5.74, 6) is 0.420. The number of rotatable bonds is 6. The van der Waals surface area contributed by atoms with Crippen molar-refractivity contribution in [2.75, 3.05) is 12.8 Å². The smallest absolute Gasteiger partial charge is 0.252 e. The number of aliphatic hydroxyl groups excluding tert-OH is 1. The Bertz CT molecular complexity index is 418. The van der Waals surface area contributed by atoms with Crippen LogP contribution in [0.25, 0.3) is 0 Å². The highest BCUT2D eigenvalue weighted by atomic mass is 32.2. The molecule has 2 N–H and O–H groups in total. The lowest BCUT2D eigenvalue weighted by Gasteiger charge is -2.11. The van der Waals surface area contributed by atoms with E-state index < -0.39 is 0 Å². The van der Waals surface area contributed by atoms with E-state index in [1.807, 2.05) is 30.5 Å². The SMILES string of the molecule is CSc1ccccc1C(=O)NCC[C@@H](O)C1CC1. The number of thioether (sulfide) groups is 1. The van der Waals surface area contributed by atoms with Gasteiger partial charge in [0.2, 0.25) is 0 Å². The Morgan fingerprint density at radius 1 is 1.50 bits per heavy atom. The second-order valence-corrected chi connectivity index (χ2v) is 5.50. The minimum absolute atomic E-state index is 0.0528. The Labute approximate surface area is 112 Å². The van der Waals surface area contributed by atoms with Crippen molar-refractivity contribution in [1.82, 2.24) is 5.32 Å². The van der Waals surface area contributed by atoms with Gasteiger partial charge in [-0.3, -0.25) is 4.79 Å². The average molecular weight is 265 g/mol. The zero-order valence-corrected chi connectivity index (χ0v) is 11.4. The normalized spacial score (nSPS) is 16.3. The second-order valence-electron chi connectivity index (χ2n) is 4.65. The van der Waals surface area contributed by atoms with Crippen molar-refractivity contribution < 1.29 is 9.90 Å². The van der Waals surface area contributed by atoms with Crippen LogP contribution in [0, 0.1) is 5.92 Å². The molecule has 1 aromatic rings. The Morgan fingerprint density at radius 2 is 2.22 bits per heavy atom. The number of hydrogen-bond acceptors (Lipinski definition) is 3. The van der Waals surface area contributed by atoms with Gasteiger partial charge >= 0.3 is 0 Å². The molecule has 98 valence electrons. The van der Waals surface area contributed by atoms with Crippen LogP contribution in [0.4, 0.5) is 0 Å². The first-order valence-electron chi connectivity index (χ1n) is 6.31. The molecule has 0 heterocycles. The van der Waals surface area contributed by atoms with E-state index in [9.17, 15) is 9.90 Å². The van der Waals surface area contributed by atoms with E-state index >= 15 is 0 Å². The van der Waals surface area contributed by atoms with Gasteiger partial charge in [-0.1, -0.05) is 12.1 Å². The molecular weight excluding hydrogens is 246 g/mol. The molecule has 1 amide bonds. The van der Waals surface area contributed by atoms with Crippen LogP contribution in [0.5, 0.6) is 0 Å². The molecule has 1 aliphatic rings. The molecule has 3 nitrogen and oxygen atoms in total. The Hall–Kier alpha value is -1.00. The molecule has 0 saturated heterocycles. The van der Waals surface area contributed by atoms with Crippen molar-refractivity contribution in [2.24, 2.45) is 5.92 Å². The van der Waals surface area contributed by atoms with Crippen LogP contribution < -0.4 is 5.32 Å². The number of hydrogen-bond donors (Lipinski definition) is 2. The standard InChI is InChI=1S/C14H19NO2S/c1-18-13-5-3-2-4-11(13)14(17)15-9-8-12(16)10-6-7-10/h2-5,10,12,16H,6-9H2,1H3,(H,15,17)/t12-/m1/s1. The summed E-state index contributed by atoms with van der Waals surface area (Å²) in [5.41, 5.74) is 0.714. The fraction of sp³-hybridized carbons (Fsp3) is 0.500. The first kappa shape index (κ1) is 13.4. The van der Waals surface area contributed by atoms with Crippen LogP contribution >= 0.6 is 11.8 Å². The third-order valence-electron chi connectivity index (χ3n) is 3.24. The van der Waals surface area contributed by atoms with Gasteiger partial charge in [-0.25, -0.2) is 0 Å². The molecule has 0 aromatic heterocycles. The summed E-state index contributed by atoms with van der Waals surface area (Å²) in [4.78, 5) is 13.0. The van der Waals surface area contributed by atoms with Crippen molar-refractivity contribution in [2.45, 2.75) is 30.3 Å². The van der Waals surface area contributed by atoms with E-state index in [0.29, 0.717) is 24.4 Å². The van der Waals surface area contributed by atoms with Crippen LogP contribution in [0.1, 0.15) is 29.6 Å². The van der Waals surface area contributed by atoms with E-state index in [1.165, 1.54) is 0 Å². The Morgan fingerprint density at radius 3 is 2.89 bits per heavy atom. The minimum atomic E-state index is -0.249. The van der Waals surface area contributed by atoms with Crippen LogP contribution in [0.3, 0.4) is 0 Å². The van der Waals surface area contributed by atoms with Gasteiger partial charge in [-0.2, -0.15) is 0 Å². The van der Waals surface area contributed by atoms with Gasteiger partial charge in [0.25, 0.3) is 5.91 Å². The van der Waals surface area contributed by atoms with Gasteiger partial charge in [0.1, 0.15) is 0 Å². The molecule has 1 fully saturated rings. The predicted molar refractivity (Wildman–Crippen MR) is 73.9 cm³/mol. The molecule has 1 aliphatic carbocycles. The van der Waals surface area contributed by atoms with E-state index in [2.05, 4.69) is 5.32 Å². The quantitative estimate of drug-likeness (QED) is 0.776. The van der Waals surface area contributed by atoms with Crippen LogP contribution in [0.15, 0.2) is 29.2 Å². The second kappa shape index (κ2) is 6.25. The summed E-state index contributed by atoms with van der Waals surface area (Å²) in [6.45, 7) is 0.541. The summed E-state index contributed by atoms with van der Waals surface area (Å²) in [7, 11) is 0. The van der Waals surface area contributed by atoms with E-state index in [-0.39, 0.29) is 12.0 Å². The van der Waals surface area contributed by atoms with Crippen LogP contribution in [-0.4, -0.2) is 29.9 Å². The Kier molecular flexibility index (Phi) is 4.66. The molecule has 0 spiro atoms. The Balaban J connectivity index is 1.83. The van der Waals surface area contributed by atoms with E-state index in [0.717, 1.165) is 17.7 Å². The fourth-order valence-corrected chi connectivity index (χ4v) is 2.57. The molecule has 1 saturated carbocycles. The maximum Gasteiger partial charge on any atom is 0.252 e. The lowest BCUT2D eigenvalue weighted by atomic mass is 10.1. The largest absolute Gasteiger partial charge is 0.393 e. The van der Waals surface area contributed by atoms with Gasteiger partial charge in [0.15, 0.2) is 0 Å². The summed E-state index contributed by atoms with van der Waals surface area (Å²) in [6, 6.07) is 7.57. The molecule has 0 radical (unpaired) electrons. The van der Waals surface area contributed by atoms with Gasteiger partial charge in [0.05, 0.1) is 11.7 Å². The van der Waals surface area contributed by atoms with Crippen molar-refractivity contribution in [3.05, 3.63) is 29.8 Å². The van der Waals surface area contributed by atoms with Crippen molar-refractivity contribution >= 4 is 17.7 Å². The first-order valence-corrected chi connectivity index (χ1v) is 7.54. The molecule has 1 aromatic carbocycles. The maximum atomic E-state index is 12.0. The monoisotopic (exact) mass is 265 g/mol. The van der Waals surface area contributed by atoms with E-state index in [4.69, 9.17) is 0 Å². The molecule has 4 heteroatoms. The highest BCUT2D eigenvalue weighted by molar-refractivity contribution is 7.98. The third kappa shape index (κ3) is 3.50. The summed E-state index contributed by atoms with van der Waals surface area (Å²) < 4.78 is 0. The molecule has 0 bridgehead atoms. The zero-order chi connectivity index (χ0) is 13.0. The third-order valence-corrected chi connectivity index (χ3v) is 4.04. The van der Waals surface area contributed by atoms with Gasteiger partial charge in [0, 0.05) is 11.4 Å². The maximum absolute atomic E-state index is 12.0. The molecular formula is C14H19NO2S. The lowest BCUT2D eigenvalue weighted by Crippen LogP contribution is -2.28. The van der Waals surface area contributed by atoms with Crippen LogP contribution in [-0.2, 0) is 0 Å². The molecule has 2 rings (SSSR count). The van der Waals surface area contributed by atoms with Gasteiger partial charge in [-0.05, 0) is 43.6 Å². The number of nitrogens with one attached hydrogen (secondary N) is 1. The van der Waals surface area contributed by atoms with Crippen molar-refractivity contribution in [3.63, 3.8) is 0 Å². The number of aliphatic hydroxyl groups is 1. The number of amides is 1. The average Bonchev–Trinajstić information content (AvgIpc) is 3.22. The predicted octanol–water partition coefficient (Wildman–Crippen LogP) is 2.30. The summed E-state index contributed by atoms with van der Waals surface area (Å²) in [6.07, 6.45) is 4.62. The van der Waals surface area contributed by atoms with E-state index in [1.54, 1.807) is 11.8 Å². The molecule has 0 aliphatic heterocycles. The fourth-order valence-electron chi connectivity index (χ4n) is 1.98. The van der Waals surface area contributed by atoms with Gasteiger partial charge in [-0.15, -0.1) is 11.8 Å². The number of carbonyl (C=O) groups is 1. The molecule has 1 atom stereocenters.